The van der Waals surface area contributed by atoms with Crippen LogP contribution in [0.25, 0.3) is 10.8 Å². The van der Waals surface area contributed by atoms with Gasteiger partial charge in [0.05, 0.1) is 24.0 Å². The summed E-state index contributed by atoms with van der Waals surface area (Å²) in [4.78, 5) is 64.5. The van der Waals surface area contributed by atoms with Crippen molar-refractivity contribution in [3.8, 4) is 11.6 Å². The van der Waals surface area contributed by atoms with Gasteiger partial charge in [-0.3, -0.25) is 19.1 Å². The third-order valence-electron chi connectivity index (χ3n) is 12.5. The van der Waals surface area contributed by atoms with Crippen LogP contribution in [-0.2, 0) is 29.1 Å². The van der Waals surface area contributed by atoms with E-state index in [1.54, 1.807) is 13.1 Å². The van der Waals surface area contributed by atoms with Gasteiger partial charge in [-0.2, -0.15) is 0 Å². The fourth-order valence-corrected chi connectivity index (χ4v) is 9.64. The number of carbonyl (C=O) groups is 4. The van der Waals surface area contributed by atoms with E-state index in [1.165, 1.54) is 4.90 Å². The quantitative estimate of drug-likeness (QED) is 0.320. The first-order valence-electron chi connectivity index (χ1n) is 20.4. The number of rotatable bonds is 8. The van der Waals surface area contributed by atoms with Crippen molar-refractivity contribution in [2.75, 3.05) is 31.6 Å². The molecule has 3 N–H and O–H groups in total. The summed E-state index contributed by atoms with van der Waals surface area (Å²) in [5.74, 6) is -5.78. The van der Waals surface area contributed by atoms with E-state index in [0.29, 0.717) is 63.3 Å². The van der Waals surface area contributed by atoms with Gasteiger partial charge in [0.15, 0.2) is 11.4 Å². The Morgan fingerprint density at radius 2 is 1.81 bits per heavy atom. The lowest BCUT2D eigenvalue weighted by molar-refractivity contribution is -0.152. The molecule has 1 aromatic heterocycles. The number of likely N-dealkylation sites (N-methyl/N-ethyl adjacent to an activating group) is 1. The summed E-state index contributed by atoms with van der Waals surface area (Å²) in [7, 11) is -1.99. The van der Waals surface area contributed by atoms with Gasteiger partial charge in [0.1, 0.15) is 30.3 Å². The number of nitrogens with one attached hydrogen (secondary N) is 3. The Balaban J connectivity index is 1.23. The lowest BCUT2D eigenvalue weighted by atomic mass is 9.88. The van der Waals surface area contributed by atoms with E-state index in [4.69, 9.17) is 14.2 Å². The lowest BCUT2D eigenvalue weighted by Gasteiger charge is -2.35. The van der Waals surface area contributed by atoms with E-state index < -0.39 is 86.2 Å². The van der Waals surface area contributed by atoms with Gasteiger partial charge in [-0.25, -0.2) is 27.0 Å². The molecule has 5 aliphatic rings. The molecule has 7 atom stereocenters. The van der Waals surface area contributed by atoms with Crippen LogP contribution in [0.1, 0.15) is 79.6 Å². The topological polar surface area (TPSA) is 186 Å². The van der Waals surface area contributed by atoms with Crippen LogP contribution in [-0.4, -0.2) is 109 Å². The van der Waals surface area contributed by atoms with E-state index in [2.05, 4.69) is 25.2 Å². The maximum absolute atomic E-state index is 14.9. The van der Waals surface area contributed by atoms with Crippen LogP contribution in [0, 0.1) is 17.8 Å². The minimum atomic E-state index is -3.96. The van der Waals surface area contributed by atoms with Crippen molar-refractivity contribution in [3.63, 3.8) is 0 Å². The molecule has 0 radical (unpaired) electrons. The number of benzene rings is 1. The zero-order valence-corrected chi connectivity index (χ0v) is 35.1. The molecule has 0 unspecified atom stereocenters. The fraction of sp³-hybridized carbons (Fsp3) is 0.634. The molecule has 15 nitrogen and oxygen atoms in total. The largest absolute Gasteiger partial charge is 0.489 e. The summed E-state index contributed by atoms with van der Waals surface area (Å²) in [5.41, 5.74) is -2.91. The fourth-order valence-electron chi connectivity index (χ4n) is 8.27. The average molecular weight is 845 g/mol. The van der Waals surface area contributed by atoms with Crippen LogP contribution >= 0.6 is 0 Å². The van der Waals surface area contributed by atoms with E-state index >= 15 is 0 Å². The van der Waals surface area contributed by atoms with Gasteiger partial charge in [-0.15, -0.1) is 0 Å². The number of fused-ring (bicyclic) bond motifs is 5. The number of aromatic nitrogens is 1. The number of alkyl carbamates (subject to hydrolysis) is 1. The van der Waals surface area contributed by atoms with Crippen molar-refractivity contribution in [2.24, 2.45) is 17.8 Å². The van der Waals surface area contributed by atoms with Gasteiger partial charge < -0.3 is 34.6 Å². The van der Waals surface area contributed by atoms with E-state index in [9.17, 15) is 36.4 Å². The van der Waals surface area contributed by atoms with E-state index in [-0.39, 0.29) is 31.2 Å². The Labute approximate surface area is 343 Å². The van der Waals surface area contributed by atoms with Crippen molar-refractivity contribution >= 4 is 50.3 Å². The summed E-state index contributed by atoms with van der Waals surface area (Å²) >= 11 is 0. The molecule has 0 spiro atoms. The highest BCUT2D eigenvalue weighted by Gasteiger charge is 2.62. The Hall–Kier alpha value is -4.74. The molecule has 7 rings (SSSR count). The van der Waals surface area contributed by atoms with Crippen LogP contribution in [0.3, 0.4) is 0 Å². The number of amides is 4. The number of sulfonamides is 1. The van der Waals surface area contributed by atoms with Crippen LogP contribution in [0.4, 0.5) is 19.3 Å². The molecular formula is C41H54F2N6O9S. The minimum Gasteiger partial charge on any atom is -0.489 e. The summed E-state index contributed by atoms with van der Waals surface area (Å²) in [5, 5.41) is 6.12. The van der Waals surface area contributed by atoms with Gasteiger partial charge in [0.25, 0.3) is 11.8 Å². The number of pyridine rings is 1. The number of nitrogens with zero attached hydrogens (tertiary/aromatic N) is 3. The van der Waals surface area contributed by atoms with E-state index in [0.717, 1.165) is 24.9 Å². The molecule has 59 heavy (non-hydrogen) atoms. The zero-order valence-electron chi connectivity index (χ0n) is 34.3. The van der Waals surface area contributed by atoms with Crippen LogP contribution < -0.4 is 29.7 Å². The van der Waals surface area contributed by atoms with Gasteiger partial charge >= 0.3 is 6.09 Å². The van der Waals surface area contributed by atoms with Gasteiger partial charge in [0, 0.05) is 43.3 Å². The minimum absolute atomic E-state index is 0.0254. The summed E-state index contributed by atoms with van der Waals surface area (Å²) in [6.07, 6.45) is 5.90. The third kappa shape index (κ3) is 8.64. The Morgan fingerprint density at radius 1 is 1.07 bits per heavy atom. The van der Waals surface area contributed by atoms with Crippen molar-refractivity contribution in [3.05, 3.63) is 36.5 Å². The van der Waals surface area contributed by atoms with Gasteiger partial charge in [-0.05, 0) is 82.4 Å². The molecule has 18 heteroatoms. The number of hydrogen-bond acceptors (Lipinski definition) is 11. The molecular weight excluding hydrogens is 791 g/mol. The molecule has 1 aromatic carbocycles. The molecule has 4 amide bonds. The highest BCUT2D eigenvalue weighted by atomic mass is 32.2. The molecule has 322 valence electrons. The Bertz CT molecular complexity index is 2140. The summed E-state index contributed by atoms with van der Waals surface area (Å²) < 4.78 is 74.6. The second-order valence-corrected chi connectivity index (χ2v) is 19.5. The predicted molar refractivity (Wildman–Crippen MR) is 214 cm³/mol. The standard InChI is InChI=1S/C41H54F2N6O9S/c1-23-9-7-8-10-25-21-41(25,37(52)47-59(54,55)27-11-12-27)46-34(50)31-20-26(57-35-29-13-14-30-33(28(29)15-16-44-35)56-18-17-48(30)6)22-49(31)36(51)32(24(2)19-23)45-38(53)58-39(3,4)40(5,42)43/h8,10,13-16,23-27,31-32H,7,9,11-12,17-22H2,1-6H3,(H,45,53)(H,46,50)(H,47,52)/b10-8-/t23-,24+,25+,26+,31-,32-,41+/m0/s1. The molecule has 0 bridgehead atoms. The highest BCUT2D eigenvalue weighted by Crippen LogP contribution is 2.46. The second kappa shape index (κ2) is 15.7. The lowest BCUT2D eigenvalue weighted by Crippen LogP contribution is -2.59. The first-order valence-corrected chi connectivity index (χ1v) is 21.9. The van der Waals surface area contributed by atoms with E-state index in [1.807, 2.05) is 44.3 Å². The number of hydrogen-bond donors (Lipinski definition) is 3. The maximum atomic E-state index is 14.9. The SMILES string of the molecule is C[C@H]1CC/C=C\[C@@H]2C[C@@]2(C(=O)NS(=O)(=O)C2CC2)NC(=O)[C@@H]2C[C@@H](Oc3nccc4c5c(ccc34)N(C)CCO5)CN2C(=O)[C@@H](NC(=O)OC(C)(C)C(C)(F)F)[C@H](C)C1. The van der Waals surface area contributed by atoms with Crippen molar-refractivity contribution in [2.45, 2.75) is 120 Å². The van der Waals surface area contributed by atoms with Crippen molar-refractivity contribution in [1.29, 1.82) is 0 Å². The number of alkyl halides is 2. The van der Waals surface area contributed by atoms with Crippen molar-refractivity contribution in [1.82, 2.24) is 25.2 Å². The molecule has 1 saturated heterocycles. The zero-order chi connectivity index (χ0) is 42.7. The Morgan fingerprint density at radius 3 is 2.53 bits per heavy atom. The molecule has 4 heterocycles. The second-order valence-electron chi connectivity index (χ2n) is 17.6. The monoisotopic (exact) mass is 844 g/mol. The van der Waals surface area contributed by atoms with Crippen LogP contribution in [0.15, 0.2) is 36.5 Å². The molecule has 2 aromatic rings. The summed E-state index contributed by atoms with van der Waals surface area (Å²) in [6.45, 7) is 7.58. The molecule has 2 saturated carbocycles. The molecule has 2 aliphatic carbocycles. The van der Waals surface area contributed by atoms with Gasteiger partial charge in [0.2, 0.25) is 27.7 Å². The average Bonchev–Trinajstić information content (AvgIpc) is 4.08. The maximum Gasteiger partial charge on any atom is 0.408 e. The van der Waals surface area contributed by atoms with Gasteiger partial charge in [-0.1, -0.05) is 26.0 Å². The van der Waals surface area contributed by atoms with Crippen LogP contribution in [0.5, 0.6) is 11.6 Å². The first kappa shape index (κ1) is 42.4. The first-order chi connectivity index (χ1) is 27.7. The number of anilines is 1. The Kier molecular flexibility index (Phi) is 11.3. The van der Waals surface area contributed by atoms with Crippen LogP contribution in [0.2, 0.25) is 0 Å². The smallest absolute Gasteiger partial charge is 0.408 e. The normalized spacial score (nSPS) is 29.7. The number of allylic oxidation sites excluding steroid dienone is 1. The third-order valence-corrected chi connectivity index (χ3v) is 14.3. The van der Waals surface area contributed by atoms with Crippen molar-refractivity contribution < 1.29 is 50.6 Å². The predicted octanol–water partition coefficient (Wildman–Crippen LogP) is 4.44. The number of carbonyl (C=O) groups excluding carboxylic acids is 4. The highest BCUT2D eigenvalue weighted by molar-refractivity contribution is 7.91. The summed E-state index contributed by atoms with van der Waals surface area (Å²) in [6, 6.07) is 3.02. The molecule has 3 fully saturated rings. The molecule has 3 aliphatic heterocycles. The number of halogens is 2. The number of ether oxygens (including phenoxy) is 3.